The lowest BCUT2D eigenvalue weighted by Crippen LogP contribution is -2.30. The monoisotopic (exact) mass is 393 g/mol. The van der Waals surface area contributed by atoms with Crippen molar-refractivity contribution in [3.63, 3.8) is 0 Å². The zero-order chi connectivity index (χ0) is 19.3. The van der Waals surface area contributed by atoms with Crippen LogP contribution in [0.15, 0.2) is 60.0 Å². The molecule has 1 atom stereocenters. The Kier molecular flexibility index (Phi) is 5.69. The van der Waals surface area contributed by atoms with Crippen LogP contribution >= 0.6 is 11.3 Å². The highest BCUT2D eigenvalue weighted by Crippen LogP contribution is 2.22. The van der Waals surface area contributed by atoms with Gasteiger partial charge in [0, 0.05) is 25.0 Å². The van der Waals surface area contributed by atoms with Crippen LogP contribution in [-0.4, -0.2) is 28.4 Å². The Labute approximate surface area is 169 Å². The van der Waals surface area contributed by atoms with Gasteiger partial charge in [-0.15, -0.1) is 11.3 Å². The summed E-state index contributed by atoms with van der Waals surface area (Å²) in [5, 5.41) is 5.48. The van der Waals surface area contributed by atoms with Gasteiger partial charge in [-0.05, 0) is 36.6 Å². The molecule has 0 saturated heterocycles. The predicted molar refractivity (Wildman–Crippen MR) is 112 cm³/mol. The molecule has 1 aliphatic rings. The first kappa shape index (κ1) is 18.7. The van der Waals surface area contributed by atoms with Gasteiger partial charge in [0.05, 0.1) is 5.69 Å². The summed E-state index contributed by atoms with van der Waals surface area (Å²) < 4.78 is 5.67. The number of carbonyl (C=O) groups is 1. The summed E-state index contributed by atoms with van der Waals surface area (Å²) >= 11 is 1.45. The number of rotatable bonds is 6. The van der Waals surface area contributed by atoms with E-state index in [1.807, 2.05) is 35.7 Å². The lowest BCUT2D eigenvalue weighted by atomic mass is 10.00. The van der Waals surface area contributed by atoms with Crippen LogP contribution < -0.4 is 10.1 Å². The molecule has 1 amide bonds. The highest BCUT2D eigenvalue weighted by molar-refractivity contribution is 7.13. The van der Waals surface area contributed by atoms with E-state index < -0.39 is 6.10 Å². The first-order valence-corrected chi connectivity index (χ1v) is 10.3. The number of hydrogen-bond donors (Lipinski definition) is 1. The fourth-order valence-electron chi connectivity index (χ4n) is 3.32. The Morgan fingerprint density at radius 2 is 1.93 bits per heavy atom. The molecule has 0 spiro atoms. The summed E-state index contributed by atoms with van der Waals surface area (Å²) in [4.78, 5) is 19.3. The normalized spacial score (nSPS) is 14.9. The van der Waals surface area contributed by atoms with Gasteiger partial charge in [-0.3, -0.25) is 15.0 Å². The van der Waals surface area contributed by atoms with Crippen molar-refractivity contribution >= 4 is 22.4 Å². The number of anilines is 1. The number of benzene rings is 2. The van der Waals surface area contributed by atoms with Crippen LogP contribution in [0.3, 0.4) is 0 Å². The van der Waals surface area contributed by atoms with E-state index in [1.165, 1.54) is 22.5 Å². The number of thiazole rings is 1. The van der Waals surface area contributed by atoms with Crippen molar-refractivity contribution in [2.75, 3.05) is 11.9 Å². The quantitative estimate of drug-likeness (QED) is 0.685. The molecule has 0 bridgehead atoms. The van der Waals surface area contributed by atoms with E-state index in [-0.39, 0.29) is 5.91 Å². The molecule has 28 heavy (non-hydrogen) atoms. The van der Waals surface area contributed by atoms with Crippen molar-refractivity contribution in [1.82, 2.24) is 9.88 Å². The Morgan fingerprint density at radius 3 is 2.75 bits per heavy atom. The maximum absolute atomic E-state index is 12.4. The SMILES string of the molecule is CC(Oc1ccccc1)C(=O)Nc1nc(CN2CCc3ccccc3C2)cs1. The number of nitrogens with zero attached hydrogens (tertiary/aromatic N) is 2. The average Bonchev–Trinajstić information content (AvgIpc) is 3.15. The summed E-state index contributed by atoms with van der Waals surface area (Å²) in [5.41, 5.74) is 3.82. The summed E-state index contributed by atoms with van der Waals surface area (Å²) in [5.74, 6) is 0.479. The fourth-order valence-corrected chi connectivity index (χ4v) is 4.02. The number of nitrogens with one attached hydrogen (secondary N) is 1. The third kappa shape index (κ3) is 4.58. The molecule has 2 heterocycles. The van der Waals surface area contributed by atoms with E-state index in [9.17, 15) is 4.79 Å². The molecule has 144 valence electrons. The number of ether oxygens (including phenoxy) is 1. The molecule has 6 heteroatoms. The first-order valence-electron chi connectivity index (χ1n) is 9.43. The smallest absolute Gasteiger partial charge is 0.266 e. The minimum Gasteiger partial charge on any atom is -0.481 e. The highest BCUT2D eigenvalue weighted by Gasteiger charge is 2.19. The van der Waals surface area contributed by atoms with Crippen LogP contribution in [0.25, 0.3) is 0 Å². The molecular formula is C22H23N3O2S. The maximum Gasteiger partial charge on any atom is 0.266 e. The Balaban J connectivity index is 1.31. The number of fused-ring (bicyclic) bond motifs is 1. The molecule has 0 fully saturated rings. The second-order valence-electron chi connectivity index (χ2n) is 6.94. The minimum atomic E-state index is -0.589. The standard InChI is InChI=1S/C22H23N3O2S/c1-16(27-20-9-3-2-4-10-20)21(26)24-22-23-19(15-28-22)14-25-12-11-17-7-5-6-8-18(17)13-25/h2-10,15-16H,11-14H2,1H3,(H,23,24,26). The van der Waals surface area contributed by atoms with Gasteiger partial charge in [0.15, 0.2) is 11.2 Å². The molecule has 0 aliphatic carbocycles. The van der Waals surface area contributed by atoms with E-state index in [2.05, 4.69) is 39.5 Å². The largest absolute Gasteiger partial charge is 0.481 e. The summed E-state index contributed by atoms with van der Waals surface area (Å²) in [6, 6.07) is 18.0. The number of carbonyl (C=O) groups excluding carboxylic acids is 1. The molecule has 1 aromatic heterocycles. The zero-order valence-electron chi connectivity index (χ0n) is 15.8. The van der Waals surface area contributed by atoms with Gasteiger partial charge >= 0.3 is 0 Å². The van der Waals surface area contributed by atoms with Gasteiger partial charge in [-0.25, -0.2) is 4.98 Å². The van der Waals surface area contributed by atoms with E-state index in [4.69, 9.17) is 4.74 Å². The topological polar surface area (TPSA) is 54.5 Å². The minimum absolute atomic E-state index is 0.198. The molecule has 0 radical (unpaired) electrons. The number of hydrogen-bond acceptors (Lipinski definition) is 5. The Hall–Kier alpha value is -2.70. The zero-order valence-corrected chi connectivity index (χ0v) is 16.6. The van der Waals surface area contributed by atoms with Crippen molar-refractivity contribution in [2.24, 2.45) is 0 Å². The molecule has 1 aliphatic heterocycles. The maximum atomic E-state index is 12.4. The van der Waals surface area contributed by atoms with Crippen LogP contribution in [0.1, 0.15) is 23.7 Å². The first-order chi connectivity index (χ1) is 13.7. The van der Waals surface area contributed by atoms with Gasteiger partial charge in [0.1, 0.15) is 5.75 Å². The number of aromatic nitrogens is 1. The van der Waals surface area contributed by atoms with Gasteiger partial charge in [-0.2, -0.15) is 0 Å². The molecule has 3 aromatic rings. The summed E-state index contributed by atoms with van der Waals surface area (Å²) in [6.45, 7) is 4.49. The third-order valence-electron chi connectivity index (χ3n) is 4.80. The predicted octanol–water partition coefficient (Wildman–Crippen LogP) is 4.11. The second kappa shape index (κ2) is 8.54. The highest BCUT2D eigenvalue weighted by atomic mass is 32.1. The van der Waals surface area contributed by atoms with Gasteiger partial charge in [-0.1, -0.05) is 42.5 Å². The van der Waals surface area contributed by atoms with Crippen molar-refractivity contribution in [1.29, 1.82) is 0 Å². The molecule has 0 saturated carbocycles. The van der Waals surface area contributed by atoms with Crippen LogP contribution in [-0.2, 0) is 24.3 Å². The van der Waals surface area contributed by atoms with E-state index >= 15 is 0 Å². The summed E-state index contributed by atoms with van der Waals surface area (Å²) in [7, 11) is 0. The molecule has 1 N–H and O–H groups in total. The van der Waals surface area contributed by atoms with E-state index in [0.29, 0.717) is 10.9 Å². The Morgan fingerprint density at radius 1 is 1.18 bits per heavy atom. The van der Waals surface area contributed by atoms with Crippen molar-refractivity contribution in [3.05, 3.63) is 76.8 Å². The van der Waals surface area contributed by atoms with Crippen LogP contribution in [0.2, 0.25) is 0 Å². The van der Waals surface area contributed by atoms with Crippen LogP contribution in [0.5, 0.6) is 5.75 Å². The van der Waals surface area contributed by atoms with Crippen molar-refractivity contribution in [3.8, 4) is 5.75 Å². The van der Waals surface area contributed by atoms with E-state index in [1.54, 1.807) is 6.92 Å². The third-order valence-corrected chi connectivity index (χ3v) is 5.61. The lowest BCUT2D eigenvalue weighted by Gasteiger charge is -2.27. The van der Waals surface area contributed by atoms with Crippen LogP contribution in [0, 0.1) is 0 Å². The van der Waals surface area contributed by atoms with Gasteiger partial charge in [0.25, 0.3) is 5.91 Å². The molecule has 4 rings (SSSR count). The number of amides is 1. The van der Waals surface area contributed by atoms with Gasteiger partial charge < -0.3 is 4.74 Å². The average molecular weight is 394 g/mol. The van der Waals surface area contributed by atoms with Crippen molar-refractivity contribution in [2.45, 2.75) is 32.5 Å². The van der Waals surface area contributed by atoms with E-state index in [0.717, 1.165) is 31.7 Å². The number of para-hydroxylation sites is 1. The fraction of sp³-hybridized carbons (Fsp3) is 0.273. The summed E-state index contributed by atoms with van der Waals surface area (Å²) in [6.07, 6.45) is 0.478. The molecule has 2 aromatic carbocycles. The second-order valence-corrected chi connectivity index (χ2v) is 7.79. The lowest BCUT2D eigenvalue weighted by molar-refractivity contribution is -0.122. The molecule has 1 unspecified atom stereocenters. The van der Waals surface area contributed by atoms with Gasteiger partial charge in [0.2, 0.25) is 0 Å². The molecular weight excluding hydrogens is 370 g/mol. The Bertz CT molecular complexity index is 942. The van der Waals surface area contributed by atoms with Crippen LogP contribution in [0.4, 0.5) is 5.13 Å². The molecule has 5 nitrogen and oxygen atoms in total. The van der Waals surface area contributed by atoms with Crippen molar-refractivity contribution < 1.29 is 9.53 Å².